The fraction of sp³-hybridized carbons (Fsp3) is 0.739. The van der Waals surface area contributed by atoms with E-state index in [0.717, 1.165) is 17.0 Å². The van der Waals surface area contributed by atoms with Crippen LogP contribution >= 0.6 is 23.1 Å². The molecule has 0 bridgehead atoms. The summed E-state index contributed by atoms with van der Waals surface area (Å²) in [6, 6.07) is 0. The van der Waals surface area contributed by atoms with E-state index in [9.17, 15) is 0 Å². The third-order valence-electron chi connectivity index (χ3n) is 6.78. The van der Waals surface area contributed by atoms with Crippen molar-refractivity contribution < 1.29 is 0 Å². The summed E-state index contributed by atoms with van der Waals surface area (Å²) in [6.45, 7) is 14.0. The molecule has 0 saturated heterocycles. The smallest absolute Gasteiger partial charge is 0.111 e. The maximum atomic E-state index is 4.65. The van der Waals surface area contributed by atoms with Crippen molar-refractivity contribution in [3.05, 3.63) is 11.1 Å². The molecule has 2 unspecified atom stereocenters. The summed E-state index contributed by atoms with van der Waals surface area (Å²) >= 11 is 3.08. The van der Waals surface area contributed by atoms with E-state index in [1.165, 1.54) is 77.0 Å². The van der Waals surface area contributed by atoms with Gasteiger partial charge < -0.3 is 0 Å². The van der Waals surface area contributed by atoms with E-state index in [1.807, 2.05) is 0 Å². The van der Waals surface area contributed by atoms with Crippen molar-refractivity contribution in [2.45, 2.75) is 97.8 Å². The van der Waals surface area contributed by atoms with Crippen LogP contribution in [0.4, 0.5) is 0 Å². The number of nitrogens with zero attached hydrogens (tertiary/aromatic N) is 4. The monoisotopic (exact) mass is 430 g/mol. The predicted molar refractivity (Wildman–Crippen MR) is 125 cm³/mol. The molecular formula is C23H34N4S2. The molecule has 6 heteroatoms. The molecule has 4 rings (SSSR count). The first-order valence-electron chi connectivity index (χ1n) is 11.1. The van der Waals surface area contributed by atoms with Crippen LogP contribution in [0, 0.1) is 11.3 Å². The highest BCUT2D eigenvalue weighted by Crippen LogP contribution is 2.46. The van der Waals surface area contributed by atoms with Crippen LogP contribution < -0.4 is 0 Å². The van der Waals surface area contributed by atoms with Crippen molar-refractivity contribution >= 4 is 43.5 Å². The van der Waals surface area contributed by atoms with Crippen molar-refractivity contribution in [2.24, 2.45) is 11.3 Å². The molecule has 3 aromatic rings. The third-order valence-corrected chi connectivity index (χ3v) is 8.29. The average molecular weight is 431 g/mol. The van der Waals surface area contributed by atoms with Crippen molar-refractivity contribution in [1.82, 2.24) is 19.2 Å². The van der Waals surface area contributed by atoms with E-state index in [4.69, 9.17) is 0 Å². The largest absolute Gasteiger partial charge is 0.138 e. The highest BCUT2D eigenvalue weighted by atomic mass is 32.1. The topological polar surface area (TPSA) is 51.6 Å². The normalized spacial score (nSPS) is 22.6. The van der Waals surface area contributed by atoms with Gasteiger partial charge in [0.05, 0.1) is 9.40 Å². The van der Waals surface area contributed by atoms with Crippen molar-refractivity contribution in [2.75, 3.05) is 0 Å². The zero-order valence-electron chi connectivity index (χ0n) is 18.7. The summed E-state index contributed by atoms with van der Waals surface area (Å²) in [5.41, 5.74) is 5.28. The van der Waals surface area contributed by atoms with E-state index in [2.05, 4.69) is 60.7 Å². The Morgan fingerprint density at radius 2 is 1.31 bits per heavy atom. The van der Waals surface area contributed by atoms with Gasteiger partial charge in [0, 0.05) is 11.1 Å². The molecule has 0 spiro atoms. The van der Waals surface area contributed by atoms with Crippen LogP contribution in [0.25, 0.3) is 20.4 Å². The van der Waals surface area contributed by atoms with Crippen molar-refractivity contribution in [1.29, 1.82) is 0 Å². The first kappa shape index (κ1) is 21.1. The molecule has 1 saturated carbocycles. The third kappa shape index (κ3) is 4.07. The quantitative estimate of drug-likeness (QED) is 0.401. The molecule has 4 nitrogen and oxygen atoms in total. The van der Waals surface area contributed by atoms with Crippen LogP contribution in [0.5, 0.6) is 0 Å². The number of hydrogen-bond donors (Lipinski definition) is 0. The summed E-state index contributed by atoms with van der Waals surface area (Å²) in [5, 5.41) is 9.24. The minimum atomic E-state index is -0.00264. The average Bonchev–Trinajstić information content (AvgIpc) is 3.28. The summed E-state index contributed by atoms with van der Waals surface area (Å²) in [4.78, 5) is 0. The Hall–Kier alpha value is -1.14. The van der Waals surface area contributed by atoms with Crippen molar-refractivity contribution in [3.8, 4) is 0 Å². The molecule has 1 fully saturated rings. The molecule has 0 radical (unpaired) electrons. The fourth-order valence-corrected chi connectivity index (χ4v) is 6.92. The van der Waals surface area contributed by atoms with Crippen LogP contribution in [0.2, 0.25) is 0 Å². The van der Waals surface area contributed by atoms with E-state index in [0.29, 0.717) is 11.3 Å². The van der Waals surface area contributed by atoms with E-state index in [-0.39, 0.29) is 5.41 Å². The zero-order chi connectivity index (χ0) is 20.8. The van der Waals surface area contributed by atoms with E-state index in [1.54, 1.807) is 11.5 Å². The van der Waals surface area contributed by atoms with E-state index < -0.39 is 0 Å². The molecule has 1 aliphatic carbocycles. The molecule has 29 heavy (non-hydrogen) atoms. The van der Waals surface area contributed by atoms with Crippen molar-refractivity contribution in [3.63, 3.8) is 0 Å². The summed E-state index contributed by atoms with van der Waals surface area (Å²) in [6.07, 6.45) is 9.10. The second-order valence-corrected chi connectivity index (χ2v) is 12.4. The summed E-state index contributed by atoms with van der Waals surface area (Å²) in [5.74, 6) is 1.37. The summed E-state index contributed by atoms with van der Waals surface area (Å²) < 4.78 is 11.3. The number of fused-ring (bicyclic) bond motifs is 2. The Labute approximate surface area is 182 Å². The van der Waals surface area contributed by atoms with Gasteiger partial charge in [-0.25, -0.2) is 0 Å². The Morgan fingerprint density at radius 1 is 0.724 bits per heavy atom. The minimum Gasteiger partial charge on any atom is -0.138 e. The van der Waals surface area contributed by atoms with Gasteiger partial charge >= 0.3 is 0 Å². The van der Waals surface area contributed by atoms with E-state index >= 15 is 0 Å². The van der Waals surface area contributed by atoms with Gasteiger partial charge in [-0.05, 0) is 71.4 Å². The number of rotatable bonds is 1. The van der Waals surface area contributed by atoms with Gasteiger partial charge in [0.1, 0.15) is 11.0 Å². The Bertz CT molecular complexity index is 938. The molecule has 1 aromatic carbocycles. The second kappa shape index (κ2) is 7.84. The number of aromatic nitrogens is 4. The standard InChI is InChI=1S/C23H34N4S2/c1-22(2,3)15-12-8-7-10-14(11-9-13-15)16-18-21(29-26-24-18)17(23(4,5)6)19-20(16)28-27-25-19/h14-15H,7-13H2,1-6H3. The maximum absolute atomic E-state index is 4.65. The SMILES string of the molecule is CC(C)(C)c1c2nnsc2c(C2CCCCC(C(C)(C)C)CCC2)c2nnsc12. The molecule has 0 N–H and O–H groups in total. The Morgan fingerprint density at radius 3 is 2.00 bits per heavy atom. The lowest BCUT2D eigenvalue weighted by atomic mass is 9.75. The lowest BCUT2D eigenvalue weighted by Gasteiger charge is -2.30. The molecule has 1 aliphatic rings. The fourth-order valence-electron chi connectivity index (χ4n) is 5.19. The highest BCUT2D eigenvalue weighted by Gasteiger charge is 2.31. The molecule has 2 heterocycles. The highest BCUT2D eigenvalue weighted by molar-refractivity contribution is 7.15. The van der Waals surface area contributed by atoms with Gasteiger partial charge in [0.25, 0.3) is 0 Å². The predicted octanol–water partition coefficient (Wildman–Crippen LogP) is 7.48. The number of hydrogen-bond acceptors (Lipinski definition) is 6. The maximum Gasteiger partial charge on any atom is 0.111 e. The van der Waals surface area contributed by atoms with Gasteiger partial charge in [-0.3, -0.25) is 0 Å². The minimum absolute atomic E-state index is 0.00264. The van der Waals surface area contributed by atoms with Crippen LogP contribution in [0.3, 0.4) is 0 Å². The zero-order valence-corrected chi connectivity index (χ0v) is 20.3. The van der Waals surface area contributed by atoms with Crippen LogP contribution in [0.1, 0.15) is 104 Å². The van der Waals surface area contributed by atoms with Gasteiger partial charge in [0.2, 0.25) is 0 Å². The molecular weight excluding hydrogens is 396 g/mol. The Kier molecular flexibility index (Phi) is 5.71. The van der Waals surface area contributed by atoms with Gasteiger partial charge in [-0.2, -0.15) is 0 Å². The molecule has 158 valence electrons. The lowest BCUT2D eigenvalue weighted by Crippen LogP contribution is -2.20. The molecule has 0 amide bonds. The van der Waals surface area contributed by atoms with Gasteiger partial charge in [-0.15, -0.1) is 10.2 Å². The van der Waals surface area contributed by atoms with Crippen LogP contribution in [-0.4, -0.2) is 19.2 Å². The van der Waals surface area contributed by atoms with Gasteiger partial charge in [0.15, 0.2) is 0 Å². The molecule has 0 aliphatic heterocycles. The summed E-state index contributed by atoms with van der Waals surface area (Å²) in [7, 11) is 0. The first-order valence-corrected chi connectivity index (χ1v) is 12.6. The van der Waals surface area contributed by atoms with Gasteiger partial charge in [-0.1, -0.05) is 69.8 Å². The second-order valence-electron chi connectivity index (χ2n) is 10.9. The lowest BCUT2D eigenvalue weighted by molar-refractivity contribution is 0.205. The first-order chi connectivity index (χ1) is 13.7. The molecule has 2 atom stereocenters. The Balaban J connectivity index is 1.77. The molecule has 2 aromatic heterocycles. The van der Waals surface area contributed by atoms with Crippen LogP contribution in [-0.2, 0) is 5.41 Å². The van der Waals surface area contributed by atoms with Crippen LogP contribution in [0.15, 0.2) is 0 Å². The number of benzene rings is 1.